The molecule has 0 aromatic carbocycles. The summed E-state index contributed by atoms with van der Waals surface area (Å²) >= 11 is 0. The number of H-pyrrole nitrogens is 1. The van der Waals surface area contributed by atoms with Gasteiger partial charge in [-0.3, -0.25) is 4.79 Å². The molecule has 0 fully saturated rings. The van der Waals surface area contributed by atoms with Crippen LogP contribution >= 0.6 is 0 Å². The minimum atomic E-state index is -1.61. The summed E-state index contributed by atoms with van der Waals surface area (Å²) in [6.45, 7) is 1.69. The number of aliphatic hydroxyl groups is 2. The molecule has 2 atom stereocenters. The van der Waals surface area contributed by atoms with Crippen molar-refractivity contribution in [3.63, 3.8) is 0 Å². The third-order valence-electron chi connectivity index (χ3n) is 1.63. The Morgan fingerprint density at radius 1 is 1.69 bits per heavy atom. The highest BCUT2D eigenvalue weighted by atomic mass is 16.3. The van der Waals surface area contributed by atoms with E-state index in [-0.39, 0.29) is 5.69 Å². The number of aromatic nitrogens is 2. The van der Waals surface area contributed by atoms with E-state index in [9.17, 15) is 9.90 Å². The van der Waals surface area contributed by atoms with Gasteiger partial charge in [0.25, 0.3) is 0 Å². The Morgan fingerprint density at radius 2 is 2.31 bits per heavy atom. The first kappa shape index (κ1) is 9.69. The Labute approximate surface area is 74.4 Å². The van der Waals surface area contributed by atoms with Gasteiger partial charge in [0, 0.05) is 0 Å². The van der Waals surface area contributed by atoms with Gasteiger partial charge in [0.1, 0.15) is 11.9 Å². The molecule has 0 spiro atoms. The van der Waals surface area contributed by atoms with Gasteiger partial charge in [-0.15, -0.1) is 0 Å². The zero-order valence-corrected chi connectivity index (χ0v) is 7.06. The molecule has 0 radical (unpaired) electrons. The first-order valence-corrected chi connectivity index (χ1v) is 3.69. The molecule has 13 heavy (non-hydrogen) atoms. The van der Waals surface area contributed by atoms with E-state index in [0.29, 0.717) is 5.82 Å². The second-order valence-corrected chi connectivity index (χ2v) is 2.72. The van der Waals surface area contributed by atoms with Crippen molar-refractivity contribution in [3.05, 3.63) is 17.7 Å². The SMILES string of the molecule is Cc1ncc(C(O)C(O)C(N)=O)[nH]1. The zero-order chi connectivity index (χ0) is 10.0. The minimum Gasteiger partial charge on any atom is -0.384 e. The molecule has 1 amide bonds. The van der Waals surface area contributed by atoms with E-state index in [2.05, 4.69) is 9.97 Å². The summed E-state index contributed by atoms with van der Waals surface area (Å²) in [7, 11) is 0. The molecule has 2 unspecified atom stereocenters. The van der Waals surface area contributed by atoms with Crippen LogP contribution in [0, 0.1) is 6.92 Å². The van der Waals surface area contributed by atoms with Gasteiger partial charge < -0.3 is 20.9 Å². The topological polar surface area (TPSA) is 112 Å². The van der Waals surface area contributed by atoms with Crippen LogP contribution in [0.2, 0.25) is 0 Å². The number of imidazole rings is 1. The lowest BCUT2D eigenvalue weighted by atomic mass is 10.1. The van der Waals surface area contributed by atoms with Gasteiger partial charge in [0.05, 0.1) is 11.9 Å². The Bertz CT molecular complexity index is 310. The Hall–Kier alpha value is -1.40. The maximum atomic E-state index is 10.5. The molecular weight excluding hydrogens is 174 g/mol. The van der Waals surface area contributed by atoms with Crippen molar-refractivity contribution in [1.29, 1.82) is 0 Å². The standard InChI is InChI=1S/C7H11N3O3/c1-3-9-2-4(10-3)5(11)6(12)7(8)13/h2,5-6,11-12H,1H3,(H2,8,13)(H,9,10). The smallest absolute Gasteiger partial charge is 0.249 e. The maximum Gasteiger partial charge on any atom is 0.249 e. The molecule has 0 saturated carbocycles. The molecule has 1 aromatic heterocycles. The van der Waals surface area contributed by atoms with Crippen molar-refractivity contribution < 1.29 is 15.0 Å². The summed E-state index contributed by atoms with van der Waals surface area (Å²) in [6.07, 6.45) is -1.62. The monoisotopic (exact) mass is 185 g/mol. The number of nitrogens with one attached hydrogen (secondary N) is 1. The van der Waals surface area contributed by atoms with Crippen LogP contribution in [0.1, 0.15) is 17.6 Å². The van der Waals surface area contributed by atoms with Crippen LogP contribution in [-0.4, -0.2) is 32.2 Å². The van der Waals surface area contributed by atoms with Crippen molar-refractivity contribution in [2.45, 2.75) is 19.1 Å². The second kappa shape index (κ2) is 3.55. The lowest BCUT2D eigenvalue weighted by Crippen LogP contribution is -2.34. The van der Waals surface area contributed by atoms with Crippen LogP contribution in [0.15, 0.2) is 6.20 Å². The number of hydrogen-bond donors (Lipinski definition) is 4. The van der Waals surface area contributed by atoms with Gasteiger partial charge in [-0.05, 0) is 6.92 Å². The predicted molar refractivity (Wildman–Crippen MR) is 43.5 cm³/mol. The highest BCUT2D eigenvalue weighted by Gasteiger charge is 2.24. The molecule has 6 heteroatoms. The van der Waals surface area contributed by atoms with E-state index in [1.165, 1.54) is 6.20 Å². The molecule has 0 aliphatic rings. The molecule has 6 nitrogen and oxygen atoms in total. The number of hydrogen-bond acceptors (Lipinski definition) is 4. The van der Waals surface area contributed by atoms with Crippen molar-refractivity contribution in [3.8, 4) is 0 Å². The largest absolute Gasteiger partial charge is 0.384 e. The highest BCUT2D eigenvalue weighted by Crippen LogP contribution is 2.13. The van der Waals surface area contributed by atoms with Gasteiger partial charge in [-0.25, -0.2) is 4.98 Å². The summed E-state index contributed by atoms with van der Waals surface area (Å²) in [5, 5.41) is 18.4. The van der Waals surface area contributed by atoms with Crippen LogP contribution in [0.3, 0.4) is 0 Å². The van der Waals surface area contributed by atoms with Crippen LogP contribution in [-0.2, 0) is 4.79 Å². The average molecular weight is 185 g/mol. The number of nitrogens with two attached hydrogens (primary N) is 1. The van der Waals surface area contributed by atoms with Gasteiger partial charge in [0.2, 0.25) is 5.91 Å². The quantitative estimate of drug-likeness (QED) is 0.463. The zero-order valence-electron chi connectivity index (χ0n) is 7.06. The fourth-order valence-electron chi connectivity index (χ4n) is 0.916. The second-order valence-electron chi connectivity index (χ2n) is 2.72. The van der Waals surface area contributed by atoms with E-state index in [1.807, 2.05) is 0 Å². The summed E-state index contributed by atoms with van der Waals surface area (Å²) in [4.78, 5) is 17.0. The van der Waals surface area contributed by atoms with E-state index in [0.717, 1.165) is 0 Å². The number of rotatable bonds is 3. The molecule has 5 N–H and O–H groups in total. The lowest BCUT2D eigenvalue weighted by molar-refractivity contribution is -0.132. The number of aromatic amines is 1. The molecule has 1 rings (SSSR count). The number of carbonyl (C=O) groups is 1. The molecule has 1 aromatic rings. The Balaban J connectivity index is 2.78. The number of amides is 1. The van der Waals surface area contributed by atoms with Crippen LogP contribution in [0.5, 0.6) is 0 Å². The molecule has 0 bridgehead atoms. The van der Waals surface area contributed by atoms with Gasteiger partial charge in [-0.1, -0.05) is 0 Å². The lowest BCUT2D eigenvalue weighted by Gasteiger charge is -2.12. The third kappa shape index (κ3) is 2.04. The Kier molecular flexibility index (Phi) is 2.64. The molecule has 0 aliphatic carbocycles. The number of aliphatic hydroxyl groups excluding tert-OH is 2. The number of carbonyl (C=O) groups excluding carboxylic acids is 1. The van der Waals surface area contributed by atoms with Crippen molar-refractivity contribution >= 4 is 5.91 Å². The number of primary amides is 1. The molecule has 1 heterocycles. The van der Waals surface area contributed by atoms with Gasteiger partial charge >= 0.3 is 0 Å². The first-order valence-electron chi connectivity index (χ1n) is 3.69. The molecular formula is C7H11N3O3. The molecule has 0 saturated heterocycles. The summed E-state index contributed by atoms with van der Waals surface area (Å²) in [5.74, 6) is -0.384. The summed E-state index contributed by atoms with van der Waals surface area (Å²) < 4.78 is 0. The summed E-state index contributed by atoms with van der Waals surface area (Å²) in [5.41, 5.74) is 5.07. The Morgan fingerprint density at radius 3 is 2.69 bits per heavy atom. The van der Waals surface area contributed by atoms with Gasteiger partial charge in [0.15, 0.2) is 6.10 Å². The van der Waals surface area contributed by atoms with Crippen LogP contribution in [0.4, 0.5) is 0 Å². The summed E-state index contributed by atoms with van der Waals surface area (Å²) in [6, 6.07) is 0. The fourth-order valence-corrected chi connectivity index (χ4v) is 0.916. The maximum absolute atomic E-state index is 10.5. The van der Waals surface area contributed by atoms with Crippen molar-refractivity contribution in [2.75, 3.05) is 0 Å². The van der Waals surface area contributed by atoms with E-state index >= 15 is 0 Å². The number of nitrogens with zero attached hydrogens (tertiary/aromatic N) is 1. The molecule has 72 valence electrons. The first-order chi connectivity index (χ1) is 6.02. The van der Waals surface area contributed by atoms with Crippen molar-refractivity contribution in [2.24, 2.45) is 5.73 Å². The van der Waals surface area contributed by atoms with E-state index in [4.69, 9.17) is 10.8 Å². The van der Waals surface area contributed by atoms with Crippen LogP contribution in [0.25, 0.3) is 0 Å². The van der Waals surface area contributed by atoms with E-state index in [1.54, 1.807) is 6.92 Å². The molecule has 0 aliphatic heterocycles. The minimum absolute atomic E-state index is 0.267. The average Bonchev–Trinajstić information content (AvgIpc) is 2.49. The number of aryl methyl sites for hydroxylation is 1. The fraction of sp³-hybridized carbons (Fsp3) is 0.429. The van der Waals surface area contributed by atoms with Crippen molar-refractivity contribution in [1.82, 2.24) is 9.97 Å². The van der Waals surface area contributed by atoms with Gasteiger partial charge in [-0.2, -0.15) is 0 Å². The van der Waals surface area contributed by atoms with Crippen LogP contribution < -0.4 is 5.73 Å². The normalized spacial score (nSPS) is 15.3. The third-order valence-corrected chi connectivity index (χ3v) is 1.63. The van der Waals surface area contributed by atoms with E-state index < -0.39 is 18.1 Å². The highest BCUT2D eigenvalue weighted by molar-refractivity contribution is 5.79. The predicted octanol–water partition coefficient (Wildman–Crippen LogP) is -1.40.